The molecule has 2 nitrogen and oxygen atoms in total. The molecule has 0 spiro atoms. The molecule has 2 N–H and O–H groups in total. The summed E-state index contributed by atoms with van der Waals surface area (Å²) in [4.78, 5) is 2.40. The Morgan fingerprint density at radius 1 is 1.00 bits per heavy atom. The molecule has 2 aromatic carbocycles. The highest BCUT2D eigenvalue weighted by Crippen LogP contribution is 2.17. The molecule has 0 radical (unpaired) electrons. The molecule has 0 saturated heterocycles. The van der Waals surface area contributed by atoms with Crippen molar-refractivity contribution in [2.75, 3.05) is 12.3 Å². The maximum absolute atomic E-state index is 6.06. The molecule has 100 valence electrons. The van der Waals surface area contributed by atoms with Crippen molar-refractivity contribution in [1.82, 2.24) is 4.90 Å². The topological polar surface area (TPSA) is 29.3 Å². The van der Waals surface area contributed by atoms with Gasteiger partial charge in [-0.3, -0.25) is 4.90 Å². The van der Waals surface area contributed by atoms with Gasteiger partial charge in [-0.25, -0.2) is 0 Å². The van der Waals surface area contributed by atoms with E-state index in [-0.39, 0.29) is 0 Å². The van der Waals surface area contributed by atoms with Gasteiger partial charge in [0.2, 0.25) is 0 Å². The first-order chi connectivity index (χ1) is 9.19. The van der Waals surface area contributed by atoms with Gasteiger partial charge >= 0.3 is 0 Å². The Hall–Kier alpha value is -1.80. The van der Waals surface area contributed by atoms with Crippen LogP contribution in [0.3, 0.4) is 0 Å². The summed E-state index contributed by atoms with van der Waals surface area (Å²) in [7, 11) is 0. The molecule has 0 amide bonds. The summed E-state index contributed by atoms with van der Waals surface area (Å²) in [6.45, 7) is 7.18. The van der Waals surface area contributed by atoms with Gasteiger partial charge in [0, 0.05) is 18.8 Å². The molecule has 2 heteroatoms. The number of benzene rings is 2. The number of hydrogen-bond acceptors (Lipinski definition) is 2. The molecule has 2 aromatic rings. The maximum atomic E-state index is 6.06. The van der Waals surface area contributed by atoms with Crippen LogP contribution >= 0.6 is 0 Å². The molecule has 0 aliphatic rings. The van der Waals surface area contributed by atoms with Gasteiger partial charge in [0.15, 0.2) is 0 Å². The maximum Gasteiger partial charge on any atom is 0.0359 e. The summed E-state index contributed by atoms with van der Waals surface area (Å²) in [5.74, 6) is 0. The summed E-state index contributed by atoms with van der Waals surface area (Å²) in [5.41, 5.74) is 10.8. The number of anilines is 1. The second-order valence-corrected chi connectivity index (χ2v) is 4.99. The molecule has 0 saturated carbocycles. The molecule has 19 heavy (non-hydrogen) atoms. The highest BCUT2D eigenvalue weighted by Gasteiger charge is 2.07. The zero-order valence-electron chi connectivity index (χ0n) is 11.8. The van der Waals surface area contributed by atoms with E-state index >= 15 is 0 Å². The smallest absolute Gasteiger partial charge is 0.0359 e. The molecule has 0 unspecified atom stereocenters. The van der Waals surface area contributed by atoms with Gasteiger partial charge < -0.3 is 5.73 Å². The van der Waals surface area contributed by atoms with Crippen LogP contribution in [-0.2, 0) is 13.1 Å². The predicted octanol–water partition coefficient (Wildman–Crippen LogP) is 3.60. The van der Waals surface area contributed by atoms with E-state index in [0.29, 0.717) is 0 Å². The van der Waals surface area contributed by atoms with E-state index < -0.39 is 0 Å². The number of nitrogens with two attached hydrogens (primary N) is 1. The van der Waals surface area contributed by atoms with Gasteiger partial charge in [-0.2, -0.15) is 0 Å². The highest BCUT2D eigenvalue weighted by molar-refractivity contribution is 5.48. The third kappa shape index (κ3) is 3.83. The van der Waals surface area contributed by atoms with Crippen molar-refractivity contribution in [2.45, 2.75) is 26.9 Å². The molecule has 0 heterocycles. The molecule has 0 fully saturated rings. The normalized spacial score (nSPS) is 10.9. The Balaban J connectivity index is 2.09. The lowest BCUT2D eigenvalue weighted by molar-refractivity contribution is 0.272. The fraction of sp³-hybridized carbons (Fsp3) is 0.294. The van der Waals surface area contributed by atoms with Gasteiger partial charge in [-0.1, -0.05) is 55.0 Å². The predicted molar refractivity (Wildman–Crippen MR) is 81.8 cm³/mol. The minimum absolute atomic E-state index is 0.886. The first-order valence-corrected chi connectivity index (χ1v) is 6.80. The van der Waals surface area contributed by atoms with Crippen molar-refractivity contribution in [3.63, 3.8) is 0 Å². The fourth-order valence-electron chi connectivity index (χ4n) is 2.23. The molecule has 0 aromatic heterocycles. The van der Waals surface area contributed by atoms with Crippen LogP contribution in [0, 0.1) is 6.92 Å². The lowest BCUT2D eigenvalue weighted by atomic mass is 10.1. The van der Waals surface area contributed by atoms with Crippen LogP contribution in [0.1, 0.15) is 23.6 Å². The number of aryl methyl sites for hydroxylation is 1. The van der Waals surface area contributed by atoms with Crippen molar-refractivity contribution < 1.29 is 0 Å². The van der Waals surface area contributed by atoms with E-state index in [0.717, 1.165) is 25.3 Å². The zero-order valence-corrected chi connectivity index (χ0v) is 11.8. The third-order valence-corrected chi connectivity index (χ3v) is 3.39. The number of rotatable bonds is 5. The van der Waals surface area contributed by atoms with Gasteiger partial charge in [-0.15, -0.1) is 0 Å². The summed E-state index contributed by atoms with van der Waals surface area (Å²) in [6, 6.07) is 16.8. The Morgan fingerprint density at radius 2 is 1.74 bits per heavy atom. The fourth-order valence-corrected chi connectivity index (χ4v) is 2.23. The number of nitrogen functional groups attached to an aromatic ring is 1. The van der Waals surface area contributed by atoms with Crippen molar-refractivity contribution in [1.29, 1.82) is 0 Å². The van der Waals surface area contributed by atoms with Crippen LogP contribution in [0.5, 0.6) is 0 Å². The minimum Gasteiger partial charge on any atom is -0.398 e. The second kappa shape index (κ2) is 6.39. The Morgan fingerprint density at radius 3 is 2.42 bits per heavy atom. The molecular formula is C17H22N2. The van der Waals surface area contributed by atoms with Gasteiger partial charge in [0.25, 0.3) is 0 Å². The molecule has 0 aliphatic heterocycles. The van der Waals surface area contributed by atoms with Crippen LogP contribution < -0.4 is 5.73 Å². The SMILES string of the molecule is CCN(Cc1ccccc1)Cc1cc(C)ccc1N. The Kier molecular flexibility index (Phi) is 4.58. The molecular weight excluding hydrogens is 232 g/mol. The minimum atomic E-state index is 0.886. The van der Waals surface area contributed by atoms with Gasteiger partial charge in [-0.05, 0) is 30.7 Å². The van der Waals surface area contributed by atoms with Crippen LogP contribution in [0.25, 0.3) is 0 Å². The van der Waals surface area contributed by atoms with Gasteiger partial charge in [0.1, 0.15) is 0 Å². The lowest BCUT2D eigenvalue weighted by Gasteiger charge is -2.21. The second-order valence-electron chi connectivity index (χ2n) is 4.99. The van der Waals surface area contributed by atoms with E-state index in [1.54, 1.807) is 0 Å². The third-order valence-electron chi connectivity index (χ3n) is 3.39. The summed E-state index contributed by atoms with van der Waals surface area (Å²) in [6.07, 6.45) is 0. The lowest BCUT2D eigenvalue weighted by Crippen LogP contribution is -2.22. The Bertz CT molecular complexity index is 520. The molecule has 0 aliphatic carbocycles. The van der Waals surface area contributed by atoms with E-state index in [4.69, 9.17) is 5.73 Å². The number of hydrogen-bond donors (Lipinski definition) is 1. The van der Waals surface area contributed by atoms with Gasteiger partial charge in [0.05, 0.1) is 0 Å². The average Bonchev–Trinajstić information content (AvgIpc) is 2.43. The quantitative estimate of drug-likeness (QED) is 0.826. The number of nitrogens with zero attached hydrogens (tertiary/aromatic N) is 1. The monoisotopic (exact) mass is 254 g/mol. The van der Waals surface area contributed by atoms with Crippen LogP contribution in [0.2, 0.25) is 0 Å². The Labute approximate surface area is 115 Å². The first kappa shape index (κ1) is 13.6. The standard InChI is InChI=1S/C17H22N2/c1-3-19(12-15-7-5-4-6-8-15)13-16-11-14(2)9-10-17(16)18/h4-11H,3,12-13,18H2,1-2H3. The van der Waals surface area contributed by atoms with Crippen LogP contribution in [-0.4, -0.2) is 11.4 Å². The molecule has 0 atom stereocenters. The van der Waals surface area contributed by atoms with E-state index in [1.165, 1.54) is 16.7 Å². The average molecular weight is 254 g/mol. The molecule has 2 rings (SSSR count). The van der Waals surface area contributed by atoms with Crippen molar-refractivity contribution in [3.8, 4) is 0 Å². The van der Waals surface area contributed by atoms with Crippen molar-refractivity contribution >= 4 is 5.69 Å². The van der Waals surface area contributed by atoms with Crippen LogP contribution in [0.4, 0.5) is 5.69 Å². The largest absolute Gasteiger partial charge is 0.398 e. The summed E-state index contributed by atoms with van der Waals surface area (Å²) in [5, 5.41) is 0. The van der Waals surface area contributed by atoms with Crippen LogP contribution in [0.15, 0.2) is 48.5 Å². The van der Waals surface area contributed by atoms with E-state index in [9.17, 15) is 0 Å². The van der Waals surface area contributed by atoms with Crippen molar-refractivity contribution in [2.24, 2.45) is 0 Å². The van der Waals surface area contributed by atoms with E-state index in [1.807, 2.05) is 6.07 Å². The summed E-state index contributed by atoms with van der Waals surface area (Å²) >= 11 is 0. The molecule has 0 bridgehead atoms. The highest BCUT2D eigenvalue weighted by atomic mass is 15.1. The van der Waals surface area contributed by atoms with E-state index in [2.05, 4.69) is 61.2 Å². The zero-order chi connectivity index (χ0) is 13.7. The summed E-state index contributed by atoms with van der Waals surface area (Å²) < 4.78 is 0. The first-order valence-electron chi connectivity index (χ1n) is 6.80. The van der Waals surface area contributed by atoms with Crippen molar-refractivity contribution in [3.05, 3.63) is 65.2 Å².